The van der Waals surface area contributed by atoms with Crippen molar-refractivity contribution in [2.45, 2.75) is 33.1 Å². The maximum absolute atomic E-state index is 6.08. The summed E-state index contributed by atoms with van der Waals surface area (Å²) >= 11 is 0. The minimum atomic E-state index is 0.467. The molecule has 0 spiro atoms. The van der Waals surface area contributed by atoms with E-state index in [1.165, 1.54) is 0 Å². The van der Waals surface area contributed by atoms with Gasteiger partial charge in [0.1, 0.15) is 0 Å². The highest BCUT2D eigenvalue weighted by molar-refractivity contribution is 5.74. The SMILES string of the molecule is Cc1cc(C)c(N)c(-c2nc(C3CC3C)no2)c1. The minimum Gasteiger partial charge on any atom is -0.398 e. The summed E-state index contributed by atoms with van der Waals surface area (Å²) in [5, 5.41) is 4.06. The van der Waals surface area contributed by atoms with Crippen molar-refractivity contribution in [2.24, 2.45) is 5.92 Å². The second-order valence-electron chi connectivity index (χ2n) is 5.32. The molecule has 2 aromatic rings. The van der Waals surface area contributed by atoms with Crippen LogP contribution < -0.4 is 5.73 Å². The summed E-state index contributed by atoms with van der Waals surface area (Å²) in [5.74, 6) is 2.49. The normalized spacial score (nSPS) is 22.2. The molecule has 4 nitrogen and oxygen atoms in total. The zero-order chi connectivity index (χ0) is 12.9. The van der Waals surface area contributed by atoms with Crippen LogP contribution >= 0.6 is 0 Å². The van der Waals surface area contributed by atoms with Crippen molar-refractivity contribution in [1.82, 2.24) is 10.1 Å². The van der Waals surface area contributed by atoms with Crippen LogP contribution in [0.5, 0.6) is 0 Å². The van der Waals surface area contributed by atoms with E-state index in [4.69, 9.17) is 10.3 Å². The van der Waals surface area contributed by atoms with Gasteiger partial charge in [0.2, 0.25) is 0 Å². The van der Waals surface area contributed by atoms with Crippen molar-refractivity contribution < 1.29 is 4.52 Å². The lowest BCUT2D eigenvalue weighted by Crippen LogP contribution is -1.95. The Morgan fingerprint density at radius 3 is 2.72 bits per heavy atom. The molecule has 0 radical (unpaired) electrons. The van der Waals surface area contributed by atoms with Gasteiger partial charge in [-0.25, -0.2) is 0 Å². The minimum absolute atomic E-state index is 0.467. The molecule has 94 valence electrons. The molecule has 4 heteroatoms. The Balaban J connectivity index is 2.02. The van der Waals surface area contributed by atoms with Crippen LogP contribution in [0.2, 0.25) is 0 Å². The van der Waals surface area contributed by atoms with Crippen LogP contribution in [0.3, 0.4) is 0 Å². The Bertz CT molecular complexity index is 603. The summed E-state index contributed by atoms with van der Waals surface area (Å²) in [7, 11) is 0. The van der Waals surface area contributed by atoms with E-state index >= 15 is 0 Å². The molecule has 0 amide bonds. The Kier molecular flexibility index (Phi) is 2.40. The molecular weight excluding hydrogens is 226 g/mol. The molecule has 2 unspecified atom stereocenters. The third-order valence-corrected chi connectivity index (χ3v) is 3.64. The average Bonchev–Trinajstić information content (AvgIpc) is 2.87. The van der Waals surface area contributed by atoms with Gasteiger partial charge in [0.25, 0.3) is 5.89 Å². The first-order valence-electron chi connectivity index (χ1n) is 6.27. The van der Waals surface area contributed by atoms with Crippen molar-refractivity contribution in [3.63, 3.8) is 0 Å². The van der Waals surface area contributed by atoms with E-state index in [1.807, 2.05) is 19.9 Å². The van der Waals surface area contributed by atoms with E-state index in [2.05, 4.69) is 23.1 Å². The number of nitrogens with two attached hydrogens (primary N) is 1. The Morgan fingerprint density at radius 1 is 1.33 bits per heavy atom. The van der Waals surface area contributed by atoms with Gasteiger partial charge in [-0.1, -0.05) is 18.1 Å². The van der Waals surface area contributed by atoms with Crippen molar-refractivity contribution >= 4 is 5.69 Å². The molecule has 1 fully saturated rings. The van der Waals surface area contributed by atoms with Crippen LogP contribution in [0.4, 0.5) is 5.69 Å². The lowest BCUT2D eigenvalue weighted by molar-refractivity contribution is 0.422. The zero-order valence-corrected chi connectivity index (χ0v) is 10.9. The second kappa shape index (κ2) is 3.83. The van der Waals surface area contributed by atoms with Crippen LogP contribution in [0.25, 0.3) is 11.5 Å². The molecule has 1 aromatic carbocycles. The van der Waals surface area contributed by atoms with Crippen LogP contribution in [0.15, 0.2) is 16.7 Å². The number of nitrogen functional groups attached to an aromatic ring is 1. The summed E-state index contributed by atoms with van der Waals surface area (Å²) in [6.45, 7) is 6.23. The monoisotopic (exact) mass is 243 g/mol. The molecule has 3 rings (SSSR count). The van der Waals surface area contributed by atoms with Gasteiger partial charge >= 0.3 is 0 Å². The number of nitrogens with zero attached hydrogens (tertiary/aromatic N) is 2. The highest BCUT2D eigenvalue weighted by Gasteiger charge is 2.38. The van der Waals surface area contributed by atoms with Crippen molar-refractivity contribution in [3.8, 4) is 11.5 Å². The molecule has 0 bridgehead atoms. The Labute approximate surface area is 106 Å². The lowest BCUT2D eigenvalue weighted by atomic mass is 10.0. The fourth-order valence-electron chi connectivity index (χ4n) is 2.33. The molecule has 2 atom stereocenters. The van der Waals surface area contributed by atoms with Gasteiger partial charge < -0.3 is 10.3 Å². The maximum Gasteiger partial charge on any atom is 0.260 e. The van der Waals surface area contributed by atoms with E-state index in [1.54, 1.807) is 0 Å². The van der Waals surface area contributed by atoms with Crippen LogP contribution in [-0.4, -0.2) is 10.1 Å². The number of anilines is 1. The van der Waals surface area contributed by atoms with Gasteiger partial charge in [-0.15, -0.1) is 0 Å². The molecule has 1 heterocycles. The number of aryl methyl sites for hydroxylation is 2. The summed E-state index contributed by atoms with van der Waals surface area (Å²) in [4.78, 5) is 4.48. The standard InChI is InChI=1S/C14H17N3O/c1-7-4-9(3)12(15)11(5-7)14-16-13(17-18-14)10-6-8(10)2/h4-5,8,10H,6,15H2,1-3H3. The molecule has 0 saturated heterocycles. The molecule has 1 aromatic heterocycles. The van der Waals surface area contributed by atoms with Crippen molar-refractivity contribution in [1.29, 1.82) is 0 Å². The zero-order valence-electron chi connectivity index (χ0n) is 10.9. The van der Waals surface area contributed by atoms with E-state index in [-0.39, 0.29) is 0 Å². The second-order valence-corrected chi connectivity index (χ2v) is 5.32. The highest BCUT2D eigenvalue weighted by atomic mass is 16.5. The number of aromatic nitrogens is 2. The number of benzene rings is 1. The van der Waals surface area contributed by atoms with Gasteiger partial charge in [-0.3, -0.25) is 0 Å². The first kappa shape index (κ1) is 11.3. The lowest BCUT2D eigenvalue weighted by Gasteiger charge is -2.06. The van der Waals surface area contributed by atoms with E-state index in [0.29, 0.717) is 17.7 Å². The van der Waals surface area contributed by atoms with Gasteiger partial charge in [0.15, 0.2) is 5.82 Å². The molecular formula is C14H17N3O. The quantitative estimate of drug-likeness (QED) is 0.823. The fraction of sp³-hybridized carbons (Fsp3) is 0.429. The van der Waals surface area contributed by atoms with Crippen molar-refractivity contribution in [2.75, 3.05) is 5.73 Å². The predicted molar refractivity (Wildman–Crippen MR) is 70.1 cm³/mol. The number of hydrogen-bond acceptors (Lipinski definition) is 4. The number of rotatable bonds is 2. The van der Waals surface area contributed by atoms with E-state index < -0.39 is 0 Å². The van der Waals surface area contributed by atoms with Gasteiger partial charge in [-0.2, -0.15) is 4.98 Å². The summed E-state index contributed by atoms with van der Waals surface area (Å²) < 4.78 is 5.35. The molecule has 2 N–H and O–H groups in total. The summed E-state index contributed by atoms with van der Waals surface area (Å²) in [6.07, 6.45) is 1.15. The Hall–Kier alpha value is -1.84. The smallest absolute Gasteiger partial charge is 0.260 e. The maximum atomic E-state index is 6.08. The van der Waals surface area contributed by atoms with E-state index in [9.17, 15) is 0 Å². The van der Waals surface area contributed by atoms with Gasteiger partial charge in [-0.05, 0) is 43.4 Å². The molecule has 1 aliphatic rings. The molecule has 18 heavy (non-hydrogen) atoms. The van der Waals surface area contributed by atoms with Crippen LogP contribution in [-0.2, 0) is 0 Å². The van der Waals surface area contributed by atoms with Gasteiger partial charge in [0, 0.05) is 11.6 Å². The predicted octanol–water partition coefficient (Wildman–Crippen LogP) is 3.06. The van der Waals surface area contributed by atoms with Crippen molar-refractivity contribution in [3.05, 3.63) is 29.1 Å². The summed E-state index contributed by atoms with van der Waals surface area (Å²) in [5.41, 5.74) is 9.85. The number of hydrogen-bond donors (Lipinski definition) is 1. The van der Waals surface area contributed by atoms with Gasteiger partial charge in [0.05, 0.1) is 5.56 Å². The largest absolute Gasteiger partial charge is 0.398 e. The highest BCUT2D eigenvalue weighted by Crippen LogP contribution is 2.46. The first-order chi connectivity index (χ1) is 8.56. The molecule has 1 saturated carbocycles. The van der Waals surface area contributed by atoms with E-state index in [0.717, 1.165) is 34.6 Å². The summed E-state index contributed by atoms with van der Waals surface area (Å²) in [6, 6.07) is 4.05. The molecule has 0 aliphatic heterocycles. The average molecular weight is 243 g/mol. The topological polar surface area (TPSA) is 64.9 Å². The molecule has 1 aliphatic carbocycles. The third-order valence-electron chi connectivity index (χ3n) is 3.64. The van der Waals surface area contributed by atoms with Crippen LogP contribution in [0.1, 0.15) is 36.2 Å². The fourth-order valence-corrected chi connectivity index (χ4v) is 2.33. The first-order valence-corrected chi connectivity index (χ1v) is 6.27. The Morgan fingerprint density at radius 2 is 2.06 bits per heavy atom. The van der Waals surface area contributed by atoms with Crippen LogP contribution in [0, 0.1) is 19.8 Å². The third kappa shape index (κ3) is 1.78.